The molecule has 0 aliphatic heterocycles. The molecule has 5 nitrogen and oxygen atoms in total. The van der Waals surface area contributed by atoms with Gasteiger partial charge < -0.3 is 19.5 Å². The predicted octanol–water partition coefficient (Wildman–Crippen LogP) is 3.52. The molecule has 0 aliphatic carbocycles. The summed E-state index contributed by atoms with van der Waals surface area (Å²) in [7, 11) is 7.56. The molecule has 2 rings (SSSR count). The van der Waals surface area contributed by atoms with Gasteiger partial charge in [-0.25, -0.2) is 4.98 Å². The molecule has 1 aromatic heterocycles. The van der Waals surface area contributed by atoms with Crippen LogP contribution >= 0.6 is 27.5 Å². The van der Waals surface area contributed by atoms with Gasteiger partial charge in [0.15, 0.2) is 5.75 Å². The largest absolute Gasteiger partial charge is 0.493 e. The Labute approximate surface area is 138 Å². The number of ether oxygens (including phenoxy) is 1. The van der Waals surface area contributed by atoms with Crippen molar-refractivity contribution >= 4 is 39.2 Å². The summed E-state index contributed by atoms with van der Waals surface area (Å²) in [4.78, 5) is 6.36. The average Bonchev–Trinajstić information content (AvgIpc) is 2.77. The number of halogens is 2. The SMILES string of the molecule is COc1c(Br)cc(Cl)cc1NCc1cnc(N(C)C)n1C. The Morgan fingerprint density at radius 1 is 1.43 bits per heavy atom. The van der Waals surface area contributed by atoms with Gasteiger partial charge in [0.25, 0.3) is 0 Å². The van der Waals surface area contributed by atoms with Crippen LogP contribution in [-0.4, -0.2) is 30.8 Å². The van der Waals surface area contributed by atoms with Gasteiger partial charge in [-0.3, -0.25) is 0 Å². The standard InChI is InChI=1S/C14H18BrClN4O/c1-19(2)14-18-8-10(20(14)3)7-17-12-6-9(16)5-11(15)13(12)21-4/h5-6,8,17H,7H2,1-4H3. The smallest absolute Gasteiger partial charge is 0.204 e. The van der Waals surface area contributed by atoms with Crippen LogP contribution in [0.5, 0.6) is 5.75 Å². The van der Waals surface area contributed by atoms with Gasteiger partial charge in [0.2, 0.25) is 5.95 Å². The van der Waals surface area contributed by atoms with E-state index in [4.69, 9.17) is 16.3 Å². The zero-order valence-electron chi connectivity index (χ0n) is 12.4. The molecule has 1 aromatic carbocycles. The Morgan fingerprint density at radius 2 is 2.14 bits per heavy atom. The number of aromatic nitrogens is 2. The van der Waals surface area contributed by atoms with Crippen LogP contribution in [0.2, 0.25) is 5.02 Å². The highest BCUT2D eigenvalue weighted by molar-refractivity contribution is 9.10. The molecule has 1 heterocycles. The zero-order chi connectivity index (χ0) is 15.6. The second-order valence-corrected chi connectivity index (χ2v) is 6.12. The summed E-state index contributed by atoms with van der Waals surface area (Å²) in [5.41, 5.74) is 1.90. The van der Waals surface area contributed by atoms with Gasteiger partial charge in [-0.05, 0) is 28.1 Å². The normalized spacial score (nSPS) is 10.6. The zero-order valence-corrected chi connectivity index (χ0v) is 14.8. The summed E-state index contributed by atoms with van der Waals surface area (Å²) in [6.07, 6.45) is 1.86. The quantitative estimate of drug-likeness (QED) is 0.871. The summed E-state index contributed by atoms with van der Waals surface area (Å²) >= 11 is 9.54. The Balaban J connectivity index is 2.21. The molecule has 114 valence electrons. The molecule has 0 amide bonds. The van der Waals surface area contributed by atoms with E-state index in [1.54, 1.807) is 13.2 Å². The number of hydrogen-bond acceptors (Lipinski definition) is 4. The van der Waals surface area contributed by atoms with Crippen LogP contribution in [0.4, 0.5) is 11.6 Å². The molecule has 0 fully saturated rings. The van der Waals surface area contributed by atoms with Crippen molar-refractivity contribution in [2.24, 2.45) is 7.05 Å². The van der Waals surface area contributed by atoms with Crippen LogP contribution in [0.25, 0.3) is 0 Å². The van der Waals surface area contributed by atoms with Crippen molar-refractivity contribution in [1.82, 2.24) is 9.55 Å². The van der Waals surface area contributed by atoms with Crippen molar-refractivity contribution in [2.45, 2.75) is 6.54 Å². The Morgan fingerprint density at radius 3 is 2.71 bits per heavy atom. The highest BCUT2D eigenvalue weighted by Crippen LogP contribution is 2.36. The first-order valence-electron chi connectivity index (χ1n) is 6.39. The molecule has 1 N–H and O–H groups in total. The van der Waals surface area contributed by atoms with Crippen molar-refractivity contribution in [3.63, 3.8) is 0 Å². The fraction of sp³-hybridized carbons (Fsp3) is 0.357. The van der Waals surface area contributed by atoms with Gasteiger partial charge in [-0.2, -0.15) is 0 Å². The minimum atomic E-state index is 0.625. The van der Waals surface area contributed by atoms with E-state index in [1.807, 2.05) is 42.9 Å². The summed E-state index contributed by atoms with van der Waals surface area (Å²) in [5.74, 6) is 1.64. The van der Waals surface area contributed by atoms with Gasteiger partial charge in [-0.1, -0.05) is 11.6 Å². The number of benzene rings is 1. The molecule has 0 spiro atoms. The monoisotopic (exact) mass is 372 g/mol. The number of rotatable bonds is 5. The molecular formula is C14H18BrClN4O. The first-order chi connectivity index (χ1) is 9.93. The summed E-state index contributed by atoms with van der Waals surface area (Å²) in [6.45, 7) is 0.625. The first-order valence-corrected chi connectivity index (χ1v) is 7.56. The van der Waals surface area contributed by atoms with E-state index in [9.17, 15) is 0 Å². The summed E-state index contributed by atoms with van der Waals surface area (Å²) in [5, 5.41) is 3.98. The summed E-state index contributed by atoms with van der Waals surface area (Å²) in [6, 6.07) is 3.65. The van der Waals surface area contributed by atoms with E-state index in [-0.39, 0.29) is 0 Å². The van der Waals surface area contributed by atoms with Crippen molar-refractivity contribution in [2.75, 3.05) is 31.4 Å². The van der Waals surface area contributed by atoms with Crippen LogP contribution in [0.1, 0.15) is 5.69 Å². The number of nitrogens with one attached hydrogen (secondary N) is 1. The summed E-state index contributed by atoms with van der Waals surface area (Å²) < 4.78 is 8.25. The minimum absolute atomic E-state index is 0.625. The molecule has 0 unspecified atom stereocenters. The Kier molecular flexibility index (Phi) is 5.00. The maximum Gasteiger partial charge on any atom is 0.204 e. The number of imidazole rings is 1. The molecule has 7 heteroatoms. The van der Waals surface area contributed by atoms with E-state index in [0.29, 0.717) is 11.6 Å². The van der Waals surface area contributed by atoms with Gasteiger partial charge in [0.1, 0.15) is 0 Å². The first kappa shape index (κ1) is 16.0. The van der Waals surface area contributed by atoms with Crippen molar-refractivity contribution in [3.8, 4) is 5.75 Å². The van der Waals surface area contributed by atoms with Gasteiger partial charge in [0.05, 0.1) is 35.7 Å². The lowest BCUT2D eigenvalue weighted by Gasteiger charge is -2.15. The van der Waals surface area contributed by atoms with E-state index in [2.05, 4.69) is 26.2 Å². The third-order valence-electron chi connectivity index (χ3n) is 3.13. The third-order valence-corrected chi connectivity index (χ3v) is 3.94. The van der Waals surface area contributed by atoms with Crippen LogP contribution in [0, 0.1) is 0 Å². The van der Waals surface area contributed by atoms with Crippen LogP contribution in [0.15, 0.2) is 22.8 Å². The van der Waals surface area contributed by atoms with E-state index >= 15 is 0 Å². The molecule has 0 aliphatic rings. The van der Waals surface area contributed by atoms with Gasteiger partial charge in [0, 0.05) is 26.2 Å². The molecule has 0 radical (unpaired) electrons. The highest BCUT2D eigenvalue weighted by Gasteiger charge is 2.11. The Hall–Kier alpha value is -1.40. The molecule has 2 aromatic rings. The second kappa shape index (κ2) is 6.58. The fourth-order valence-electron chi connectivity index (χ4n) is 2.10. The third kappa shape index (κ3) is 3.44. The lowest BCUT2D eigenvalue weighted by Crippen LogP contribution is -2.15. The number of methoxy groups -OCH3 is 1. The number of anilines is 2. The van der Waals surface area contributed by atoms with Gasteiger partial charge in [-0.15, -0.1) is 0 Å². The van der Waals surface area contributed by atoms with Crippen molar-refractivity contribution < 1.29 is 4.74 Å². The molecule has 21 heavy (non-hydrogen) atoms. The molecule has 0 saturated carbocycles. The van der Waals surface area contributed by atoms with E-state index < -0.39 is 0 Å². The number of nitrogens with zero attached hydrogens (tertiary/aromatic N) is 3. The molecule has 0 saturated heterocycles. The highest BCUT2D eigenvalue weighted by atomic mass is 79.9. The lowest BCUT2D eigenvalue weighted by atomic mass is 10.3. The second-order valence-electron chi connectivity index (χ2n) is 4.82. The molecule has 0 atom stereocenters. The maximum absolute atomic E-state index is 6.09. The predicted molar refractivity (Wildman–Crippen MR) is 90.6 cm³/mol. The van der Waals surface area contributed by atoms with Crippen LogP contribution in [0.3, 0.4) is 0 Å². The lowest BCUT2D eigenvalue weighted by molar-refractivity contribution is 0.414. The average molecular weight is 374 g/mol. The van der Waals surface area contributed by atoms with Crippen LogP contribution in [-0.2, 0) is 13.6 Å². The Bertz CT molecular complexity index is 642. The maximum atomic E-state index is 6.09. The fourth-order valence-corrected chi connectivity index (χ4v) is 3.07. The van der Waals surface area contributed by atoms with Crippen molar-refractivity contribution in [1.29, 1.82) is 0 Å². The van der Waals surface area contributed by atoms with Gasteiger partial charge >= 0.3 is 0 Å². The van der Waals surface area contributed by atoms with E-state index in [1.165, 1.54) is 0 Å². The molecule has 0 bridgehead atoms. The molecular weight excluding hydrogens is 356 g/mol. The van der Waals surface area contributed by atoms with E-state index in [0.717, 1.165) is 27.6 Å². The topological polar surface area (TPSA) is 42.3 Å². The van der Waals surface area contributed by atoms with Crippen LogP contribution < -0.4 is 15.0 Å². The minimum Gasteiger partial charge on any atom is -0.493 e. The van der Waals surface area contributed by atoms with Crippen molar-refractivity contribution in [3.05, 3.63) is 33.5 Å². The number of hydrogen-bond donors (Lipinski definition) is 1.